The second-order valence-corrected chi connectivity index (χ2v) is 5.89. The van der Waals surface area contributed by atoms with Crippen LogP contribution in [0.2, 0.25) is 0 Å². The Labute approximate surface area is 130 Å². The molecule has 0 aliphatic carbocycles. The van der Waals surface area contributed by atoms with E-state index in [9.17, 15) is 0 Å². The van der Waals surface area contributed by atoms with Crippen LogP contribution in [0.25, 0.3) is 11.1 Å². The van der Waals surface area contributed by atoms with Gasteiger partial charge >= 0.3 is 0 Å². The van der Waals surface area contributed by atoms with Crippen LogP contribution < -0.4 is 0 Å². The average molecular weight is 280 g/mol. The molecule has 0 heterocycles. The molecule has 112 valence electrons. The summed E-state index contributed by atoms with van der Waals surface area (Å²) in [6.45, 7) is 2.28. The van der Waals surface area contributed by atoms with E-state index in [0.29, 0.717) is 0 Å². The van der Waals surface area contributed by atoms with Crippen molar-refractivity contribution in [2.24, 2.45) is 0 Å². The first-order chi connectivity index (χ1) is 10.4. The fourth-order valence-electron chi connectivity index (χ4n) is 2.91. The molecule has 0 radical (unpaired) electrons. The highest BCUT2D eigenvalue weighted by atomic mass is 14.1. The summed E-state index contributed by atoms with van der Waals surface area (Å²) in [4.78, 5) is 0. The van der Waals surface area contributed by atoms with E-state index in [2.05, 4.69) is 61.5 Å². The summed E-state index contributed by atoms with van der Waals surface area (Å²) < 4.78 is 0. The summed E-state index contributed by atoms with van der Waals surface area (Å²) in [5, 5.41) is 0. The first-order valence-corrected chi connectivity index (χ1v) is 8.55. The Bertz CT molecular complexity index is 498. The molecule has 0 N–H and O–H groups in total. The Morgan fingerprint density at radius 2 is 1.24 bits per heavy atom. The fourth-order valence-corrected chi connectivity index (χ4v) is 2.91. The van der Waals surface area contributed by atoms with Crippen LogP contribution in [0.4, 0.5) is 0 Å². The number of aryl methyl sites for hydroxylation is 1. The summed E-state index contributed by atoms with van der Waals surface area (Å²) in [5.41, 5.74) is 4.25. The lowest BCUT2D eigenvalue weighted by atomic mass is 9.95. The molecule has 0 aromatic heterocycles. The average Bonchev–Trinajstić information content (AvgIpc) is 2.55. The fraction of sp³-hybridized carbons (Fsp3) is 0.429. The molecule has 0 unspecified atom stereocenters. The van der Waals surface area contributed by atoms with Gasteiger partial charge in [-0.1, -0.05) is 100 Å². The van der Waals surface area contributed by atoms with Crippen LogP contribution in [-0.2, 0) is 6.42 Å². The van der Waals surface area contributed by atoms with Gasteiger partial charge in [-0.25, -0.2) is 0 Å². The number of benzene rings is 2. The normalized spacial score (nSPS) is 10.7. The molecule has 21 heavy (non-hydrogen) atoms. The number of unbranched alkanes of at least 4 members (excludes halogenated alkanes) is 6. The Hall–Kier alpha value is -1.56. The van der Waals surface area contributed by atoms with Crippen LogP contribution in [0.5, 0.6) is 0 Å². The zero-order valence-electron chi connectivity index (χ0n) is 13.4. The van der Waals surface area contributed by atoms with Crippen LogP contribution in [0.15, 0.2) is 54.6 Å². The van der Waals surface area contributed by atoms with E-state index >= 15 is 0 Å². The van der Waals surface area contributed by atoms with Crippen LogP contribution in [0, 0.1) is 0 Å². The second-order valence-electron chi connectivity index (χ2n) is 5.89. The third-order valence-corrected chi connectivity index (χ3v) is 4.15. The van der Waals surface area contributed by atoms with Gasteiger partial charge < -0.3 is 0 Å². The highest BCUT2D eigenvalue weighted by Gasteiger charge is 2.03. The predicted molar refractivity (Wildman–Crippen MR) is 93.6 cm³/mol. The summed E-state index contributed by atoms with van der Waals surface area (Å²) in [5.74, 6) is 0. The van der Waals surface area contributed by atoms with Crippen molar-refractivity contribution in [2.45, 2.75) is 58.3 Å². The maximum Gasteiger partial charge on any atom is -0.0152 e. The topological polar surface area (TPSA) is 0 Å². The maximum absolute atomic E-state index is 2.29. The van der Waals surface area contributed by atoms with E-state index < -0.39 is 0 Å². The van der Waals surface area contributed by atoms with Gasteiger partial charge in [0.15, 0.2) is 0 Å². The Balaban J connectivity index is 1.84. The summed E-state index contributed by atoms with van der Waals surface area (Å²) in [7, 11) is 0. The third-order valence-electron chi connectivity index (χ3n) is 4.15. The van der Waals surface area contributed by atoms with E-state index in [1.54, 1.807) is 0 Å². The van der Waals surface area contributed by atoms with E-state index in [1.165, 1.54) is 68.1 Å². The van der Waals surface area contributed by atoms with Crippen molar-refractivity contribution >= 4 is 0 Å². The van der Waals surface area contributed by atoms with Crippen molar-refractivity contribution in [1.29, 1.82) is 0 Å². The van der Waals surface area contributed by atoms with Gasteiger partial charge in [0.25, 0.3) is 0 Å². The highest BCUT2D eigenvalue weighted by molar-refractivity contribution is 5.67. The largest absolute Gasteiger partial charge is 0.0654 e. The van der Waals surface area contributed by atoms with E-state index in [0.717, 1.165) is 0 Å². The lowest BCUT2D eigenvalue weighted by molar-refractivity contribution is 0.589. The molecule has 0 amide bonds. The van der Waals surface area contributed by atoms with Gasteiger partial charge in [0.1, 0.15) is 0 Å². The highest BCUT2D eigenvalue weighted by Crippen LogP contribution is 2.25. The molecule has 0 aliphatic rings. The molecule has 0 atom stereocenters. The minimum absolute atomic E-state index is 1.21. The molecule has 0 spiro atoms. The SMILES string of the molecule is CCCCCCCCCc1ccccc1-c1ccccc1. The van der Waals surface area contributed by atoms with Crippen molar-refractivity contribution in [2.75, 3.05) is 0 Å². The zero-order chi connectivity index (χ0) is 14.8. The van der Waals surface area contributed by atoms with E-state index in [4.69, 9.17) is 0 Å². The molecule has 0 saturated heterocycles. The molecule has 0 saturated carbocycles. The zero-order valence-corrected chi connectivity index (χ0v) is 13.4. The monoisotopic (exact) mass is 280 g/mol. The molecule has 0 heteroatoms. The van der Waals surface area contributed by atoms with Crippen LogP contribution in [0.3, 0.4) is 0 Å². The van der Waals surface area contributed by atoms with E-state index in [-0.39, 0.29) is 0 Å². The predicted octanol–water partition coefficient (Wildman–Crippen LogP) is 6.65. The molecule has 0 nitrogen and oxygen atoms in total. The molecule has 0 fully saturated rings. The molecule has 2 rings (SSSR count). The van der Waals surface area contributed by atoms with Gasteiger partial charge in [0.2, 0.25) is 0 Å². The van der Waals surface area contributed by atoms with Gasteiger partial charge in [-0.05, 0) is 29.5 Å². The first-order valence-electron chi connectivity index (χ1n) is 8.55. The number of rotatable bonds is 9. The van der Waals surface area contributed by atoms with Crippen molar-refractivity contribution in [3.8, 4) is 11.1 Å². The van der Waals surface area contributed by atoms with Gasteiger partial charge in [0.05, 0.1) is 0 Å². The Kier molecular flexibility index (Phi) is 7.07. The lowest BCUT2D eigenvalue weighted by Gasteiger charge is -2.09. The van der Waals surface area contributed by atoms with Crippen molar-refractivity contribution in [3.63, 3.8) is 0 Å². The molecule has 0 aliphatic heterocycles. The lowest BCUT2D eigenvalue weighted by Crippen LogP contribution is -1.91. The summed E-state index contributed by atoms with van der Waals surface area (Å²) >= 11 is 0. The van der Waals surface area contributed by atoms with Gasteiger partial charge in [-0.2, -0.15) is 0 Å². The van der Waals surface area contributed by atoms with Crippen LogP contribution >= 0.6 is 0 Å². The maximum atomic E-state index is 2.29. The van der Waals surface area contributed by atoms with Crippen molar-refractivity contribution in [3.05, 3.63) is 60.2 Å². The van der Waals surface area contributed by atoms with Crippen molar-refractivity contribution < 1.29 is 0 Å². The summed E-state index contributed by atoms with van der Waals surface area (Å²) in [6.07, 6.45) is 10.8. The number of hydrogen-bond donors (Lipinski definition) is 0. The standard InChI is InChI=1S/C21H28/c1-2-3-4-5-6-7-9-14-20-17-12-13-18-21(20)19-15-10-8-11-16-19/h8,10-13,15-18H,2-7,9,14H2,1H3. The molecular formula is C21H28. The molecule has 0 bridgehead atoms. The smallest absolute Gasteiger partial charge is 0.0152 e. The summed E-state index contributed by atoms with van der Waals surface area (Å²) in [6, 6.07) is 19.6. The molecule has 2 aromatic carbocycles. The number of hydrogen-bond acceptors (Lipinski definition) is 0. The van der Waals surface area contributed by atoms with E-state index in [1.807, 2.05) is 0 Å². The van der Waals surface area contributed by atoms with Crippen LogP contribution in [0.1, 0.15) is 57.4 Å². The Morgan fingerprint density at radius 3 is 2.00 bits per heavy atom. The minimum atomic E-state index is 1.21. The Morgan fingerprint density at radius 1 is 0.619 bits per heavy atom. The van der Waals surface area contributed by atoms with Gasteiger partial charge in [-0.15, -0.1) is 0 Å². The molecule has 2 aromatic rings. The quantitative estimate of drug-likeness (QED) is 0.451. The minimum Gasteiger partial charge on any atom is -0.0654 e. The third kappa shape index (κ3) is 5.38. The van der Waals surface area contributed by atoms with Gasteiger partial charge in [0, 0.05) is 0 Å². The first kappa shape index (κ1) is 15.8. The van der Waals surface area contributed by atoms with Crippen molar-refractivity contribution in [1.82, 2.24) is 0 Å². The van der Waals surface area contributed by atoms with Gasteiger partial charge in [-0.3, -0.25) is 0 Å². The second kappa shape index (κ2) is 9.39. The van der Waals surface area contributed by atoms with Crippen LogP contribution in [-0.4, -0.2) is 0 Å². The molecular weight excluding hydrogens is 252 g/mol.